The molecule has 2 aromatic carbocycles. The zero-order chi connectivity index (χ0) is 19.6. The van der Waals surface area contributed by atoms with Crippen molar-refractivity contribution < 1.29 is 17.9 Å². The van der Waals surface area contributed by atoms with Gasteiger partial charge in [-0.05, 0) is 30.3 Å². The van der Waals surface area contributed by atoms with Crippen LogP contribution in [0.3, 0.4) is 0 Å². The lowest BCUT2D eigenvalue weighted by molar-refractivity contribution is -0.138. The summed E-state index contributed by atoms with van der Waals surface area (Å²) in [5.74, 6) is -0.825. The second kappa shape index (κ2) is 8.42. The molecule has 11 heteroatoms. The molecule has 0 aliphatic carbocycles. The van der Waals surface area contributed by atoms with Gasteiger partial charge in [-0.3, -0.25) is 9.10 Å². The molecular weight excluding hydrogens is 468 g/mol. The van der Waals surface area contributed by atoms with Crippen LogP contribution < -0.4 is 4.31 Å². The van der Waals surface area contributed by atoms with Gasteiger partial charge in [-0.15, -0.1) is 0 Å². The standard InChI is InChI=1S/C15H10Cl5NO4S/c1-25-15(22)7-21(13-6-11(19)10(18)5-12(13)20)26(23,24)14-4-8(16)2-3-9(14)17/h2-6H,7H2,1H3. The van der Waals surface area contributed by atoms with E-state index in [1.165, 1.54) is 24.3 Å². The number of carbonyl (C=O) groups is 1. The van der Waals surface area contributed by atoms with E-state index in [1.807, 2.05) is 0 Å². The van der Waals surface area contributed by atoms with E-state index < -0.39 is 22.5 Å². The molecule has 0 spiro atoms. The molecule has 0 saturated carbocycles. The Morgan fingerprint density at radius 2 is 1.58 bits per heavy atom. The molecule has 0 heterocycles. The highest BCUT2D eigenvalue weighted by Gasteiger charge is 2.31. The topological polar surface area (TPSA) is 63.7 Å². The quantitative estimate of drug-likeness (QED) is 0.432. The van der Waals surface area contributed by atoms with E-state index in [0.717, 1.165) is 17.5 Å². The molecule has 0 aliphatic rings. The van der Waals surface area contributed by atoms with Crippen LogP contribution in [0.5, 0.6) is 0 Å². The monoisotopic (exact) mass is 475 g/mol. The highest BCUT2D eigenvalue weighted by atomic mass is 35.5. The number of ether oxygens (including phenoxy) is 1. The van der Waals surface area contributed by atoms with Gasteiger partial charge in [0.1, 0.15) is 11.4 Å². The number of nitrogens with zero attached hydrogens (tertiary/aromatic N) is 1. The lowest BCUT2D eigenvalue weighted by Gasteiger charge is -2.25. The van der Waals surface area contributed by atoms with E-state index in [-0.39, 0.29) is 35.7 Å². The molecule has 140 valence electrons. The van der Waals surface area contributed by atoms with Gasteiger partial charge in [0.2, 0.25) is 0 Å². The fourth-order valence-corrected chi connectivity index (χ4v) is 4.83. The van der Waals surface area contributed by atoms with E-state index in [1.54, 1.807) is 0 Å². The Labute approximate surface area is 175 Å². The molecular formula is C15H10Cl5NO4S. The maximum absolute atomic E-state index is 13.1. The van der Waals surface area contributed by atoms with Crippen LogP contribution in [0.4, 0.5) is 5.69 Å². The van der Waals surface area contributed by atoms with Crippen LogP contribution in [0, 0.1) is 0 Å². The van der Waals surface area contributed by atoms with Gasteiger partial charge in [-0.1, -0.05) is 58.0 Å². The molecule has 0 aromatic heterocycles. The van der Waals surface area contributed by atoms with E-state index in [2.05, 4.69) is 4.74 Å². The Bertz CT molecular complexity index is 965. The molecule has 26 heavy (non-hydrogen) atoms. The number of esters is 1. The normalized spacial score (nSPS) is 11.3. The third kappa shape index (κ3) is 4.50. The smallest absolute Gasteiger partial charge is 0.326 e. The Hall–Kier alpha value is -0.890. The number of rotatable bonds is 5. The summed E-state index contributed by atoms with van der Waals surface area (Å²) >= 11 is 29.9. The van der Waals surface area contributed by atoms with Gasteiger partial charge < -0.3 is 4.74 Å². The number of sulfonamides is 1. The predicted octanol–water partition coefficient (Wildman–Crippen LogP) is 5.32. The van der Waals surface area contributed by atoms with Crippen molar-refractivity contribution in [1.29, 1.82) is 0 Å². The number of methoxy groups -OCH3 is 1. The van der Waals surface area contributed by atoms with E-state index >= 15 is 0 Å². The van der Waals surface area contributed by atoms with Crippen LogP contribution >= 0.6 is 58.0 Å². The Morgan fingerprint density at radius 1 is 0.962 bits per heavy atom. The van der Waals surface area contributed by atoms with Gasteiger partial charge in [-0.2, -0.15) is 0 Å². The first-order valence-electron chi connectivity index (χ1n) is 6.77. The van der Waals surface area contributed by atoms with Crippen LogP contribution in [0.25, 0.3) is 0 Å². The minimum atomic E-state index is -4.33. The zero-order valence-corrected chi connectivity index (χ0v) is 17.6. The summed E-state index contributed by atoms with van der Waals surface area (Å²) < 4.78 is 31.6. The van der Waals surface area contributed by atoms with Gasteiger partial charge in [0.25, 0.3) is 10.0 Å². The molecule has 0 bridgehead atoms. The molecule has 0 atom stereocenters. The summed E-state index contributed by atoms with van der Waals surface area (Å²) in [6.45, 7) is -0.667. The number of hydrogen-bond donors (Lipinski definition) is 0. The summed E-state index contributed by atoms with van der Waals surface area (Å²) in [5, 5.41) is 0.196. The summed E-state index contributed by atoms with van der Waals surface area (Å²) in [5.41, 5.74) is -0.0671. The molecule has 0 N–H and O–H groups in total. The second-order valence-corrected chi connectivity index (χ2v) is 8.78. The molecule has 0 amide bonds. The van der Waals surface area contributed by atoms with Gasteiger partial charge in [0, 0.05) is 5.02 Å². The van der Waals surface area contributed by atoms with Crippen molar-refractivity contribution in [2.24, 2.45) is 0 Å². The lowest BCUT2D eigenvalue weighted by Crippen LogP contribution is -2.36. The Morgan fingerprint density at radius 3 is 2.19 bits per heavy atom. The van der Waals surface area contributed by atoms with Gasteiger partial charge in [-0.25, -0.2) is 8.42 Å². The van der Waals surface area contributed by atoms with E-state index in [0.29, 0.717) is 0 Å². The Kier molecular flexibility index (Phi) is 6.93. The average molecular weight is 478 g/mol. The van der Waals surface area contributed by atoms with Crippen molar-refractivity contribution in [1.82, 2.24) is 0 Å². The highest BCUT2D eigenvalue weighted by molar-refractivity contribution is 7.93. The summed E-state index contributed by atoms with van der Waals surface area (Å²) in [6.07, 6.45) is 0. The minimum Gasteiger partial charge on any atom is -0.468 e. The molecule has 0 fully saturated rings. The predicted molar refractivity (Wildman–Crippen MR) is 104 cm³/mol. The maximum atomic E-state index is 13.1. The molecule has 0 saturated heterocycles. The van der Waals surface area contributed by atoms with Gasteiger partial charge >= 0.3 is 5.97 Å². The fraction of sp³-hybridized carbons (Fsp3) is 0.133. The minimum absolute atomic E-state index is 0.0370. The molecule has 2 aromatic rings. The number of halogens is 5. The van der Waals surface area contributed by atoms with Crippen LogP contribution in [0.2, 0.25) is 25.1 Å². The van der Waals surface area contributed by atoms with Crippen molar-refractivity contribution >= 4 is 79.7 Å². The van der Waals surface area contributed by atoms with Crippen molar-refractivity contribution in [2.75, 3.05) is 18.0 Å². The zero-order valence-electron chi connectivity index (χ0n) is 13.0. The Balaban J connectivity index is 2.71. The van der Waals surface area contributed by atoms with Crippen molar-refractivity contribution in [3.05, 3.63) is 55.4 Å². The molecule has 0 unspecified atom stereocenters. The number of anilines is 1. The van der Waals surface area contributed by atoms with Crippen LogP contribution in [-0.2, 0) is 19.6 Å². The average Bonchev–Trinajstić information content (AvgIpc) is 2.58. The summed E-state index contributed by atoms with van der Waals surface area (Å²) in [7, 11) is -3.21. The fourth-order valence-electron chi connectivity index (χ4n) is 1.98. The molecule has 0 radical (unpaired) electrons. The third-order valence-electron chi connectivity index (χ3n) is 3.22. The summed E-state index contributed by atoms with van der Waals surface area (Å²) in [6, 6.07) is 6.41. The third-order valence-corrected chi connectivity index (χ3v) is 6.72. The van der Waals surface area contributed by atoms with Gasteiger partial charge in [0.15, 0.2) is 0 Å². The van der Waals surface area contributed by atoms with Crippen molar-refractivity contribution in [3.63, 3.8) is 0 Å². The largest absolute Gasteiger partial charge is 0.468 e. The number of carbonyl (C=O) groups excluding carboxylic acids is 1. The van der Waals surface area contributed by atoms with Crippen molar-refractivity contribution in [2.45, 2.75) is 4.90 Å². The highest BCUT2D eigenvalue weighted by Crippen LogP contribution is 2.38. The van der Waals surface area contributed by atoms with E-state index in [9.17, 15) is 13.2 Å². The second-order valence-electron chi connectivity index (χ2n) is 4.88. The van der Waals surface area contributed by atoms with Crippen LogP contribution in [0.1, 0.15) is 0 Å². The maximum Gasteiger partial charge on any atom is 0.326 e. The first-order chi connectivity index (χ1) is 12.1. The van der Waals surface area contributed by atoms with Crippen LogP contribution in [-0.4, -0.2) is 28.0 Å². The molecule has 2 rings (SSSR count). The molecule has 5 nitrogen and oxygen atoms in total. The lowest BCUT2D eigenvalue weighted by atomic mass is 10.3. The first-order valence-corrected chi connectivity index (χ1v) is 10.1. The van der Waals surface area contributed by atoms with Crippen LogP contribution in [0.15, 0.2) is 35.2 Å². The van der Waals surface area contributed by atoms with Crippen molar-refractivity contribution in [3.8, 4) is 0 Å². The first kappa shape index (κ1) is 21.4. The molecule has 0 aliphatic heterocycles. The van der Waals surface area contributed by atoms with E-state index in [4.69, 9.17) is 58.0 Å². The SMILES string of the molecule is COC(=O)CN(c1cc(Cl)c(Cl)cc1Cl)S(=O)(=O)c1cc(Cl)ccc1Cl. The summed E-state index contributed by atoms with van der Waals surface area (Å²) in [4.78, 5) is 11.5. The number of hydrogen-bond acceptors (Lipinski definition) is 4. The van der Waals surface area contributed by atoms with Gasteiger partial charge in [0.05, 0.1) is 32.9 Å². The number of benzene rings is 2.